The first kappa shape index (κ1) is 23.4. The van der Waals surface area contributed by atoms with Crippen LogP contribution in [0.15, 0.2) is 24.3 Å². The molecule has 0 N–H and O–H groups in total. The van der Waals surface area contributed by atoms with Gasteiger partial charge in [-0.3, -0.25) is 0 Å². The molecular formula is C21H34ClNS. The van der Waals surface area contributed by atoms with Crippen molar-refractivity contribution in [3.63, 3.8) is 0 Å². The van der Waals surface area contributed by atoms with Gasteiger partial charge in [-0.05, 0) is 35.9 Å². The largest absolute Gasteiger partial charge is 1.00 e. The molecule has 0 bridgehead atoms. The first-order valence-corrected chi connectivity index (χ1v) is 11.3. The van der Waals surface area contributed by atoms with E-state index in [-0.39, 0.29) is 12.4 Å². The van der Waals surface area contributed by atoms with E-state index in [1.54, 1.807) is 0 Å². The van der Waals surface area contributed by atoms with Crippen molar-refractivity contribution in [2.45, 2.75) is 76.9 Å². The normalized spacial score (nSPS) is 11.5. The number of rotatable bonds is 13. The van der Waals surface area contributed by atoms with Crippen LogP contribution >= 0.6 is 0 Å². The number of hydrogen-bond acceptors (Lipinski definition) is 1. The van der Waals surface area contributed by atoms with Crippen molar-refractivity contribution in [2.24, 2.45) is 0 Å². The summed E-state index contributed by atoms with van der Waals surface area (Å²) in [7, 11) is 0.475. The number of nitriles is 1. The first-order chi connectivity index (χ1) is 11.3. The summed E-state index contributed by atoms with van der Waals surface area (Å²) in [4.78, 5) is 0. The molecule has 0 fully saturated rings. The fourth-order valence-corrected chi connectivity index (χ4v) is 4.47. The maximum absolute atomic E-state index is 8.82. The van der Waals surface area contributed by atoms with E-state index in [0.717, 1.165) is 5.56 Å². The molecule has 0 saturated heterocycles. The molecule has 0 aliphatic rings. The lowest BCUT2D eigenvalue weighted by Gasteiger charge is -2.05. The predicted molar refractivity (Wildman–Crippen MR) is 105 cm³/mol. The summed E-state index contributed by atoms with van der Waals surface area (Å²) in [5.41, 5.74) is 2.14. The third-order valence-electron chi connectivity index (χ3n) is 4.34. The fourth-order valence-electron chi connectivity index (χ4n) is 2.87. The molecule has 1 aromatic carbocycles. The maximum atomic E-state index is 8.82. The Morgan fingerprint density at radius 3 is 1.83 bits per heavy atom. The van der Waals surface area contributed by atoms with Crippen LogP contribution in [0.2, 0.25) is 0 Å². The highest BCUT2D eigenvalue weighted by atomic mass is 35.5. The molecule has 0 saturated carbocycles. The number of benzene rings is 1. The topological polar surface area (TPSA) is 23.8 Å². The second-order valence-corrected chi connectivity index (χ2v) is 8.88. The van der Waals surface area contributed by atoms with Crippen molar-refractivity contribution in [1.82, 2.24) is 0 Å². The lowest BCUT2D eigenvalue weighted by Crippen LogP contribution is -3.00. The van der Waals surface area contributed by atoms with Crippen LogP contribution in [-0.2, 0) is 16.6 Å². The summed E-state index contributed by atoms with van der Waals surface area (Å²) in [5.74, 6) is 2.53. The van der Waals surface area contributed by atoms with Gasteiger partial charge in [0.1, 0.15) is 11.5 Å². The molecule has 1 rings (SSSR count). The zero-order chi connectivity index (χ0) is 16.8. The Morgan fingerprint density at radius 2 is 1.33 bits per heavy atom. The molecule has 24 heavy (non-hydrogen) atoms. The van der Waals surface area contributed by atoms with E-state index in [2.05, 4.69) is 31.4 Å². The number of unbranched alkanes of at least 4 members (excludes halogenated alkanes) is 9. The Bertz CT molecular complexity index is 438. The molecule has 1 aromatic rings. The van der Waals surface area contributed by atoms with Crippen LogP contribution in [0.3, 0.4) is 0 Å². The number of halogens is 1. The summed E-state index contributed by atoms with van der Waals surface area (Å²) < 4.78 is 0. The molecule has 1 unspecified atom stereocenters. The zero-order valence-corrected chi connectivity index (χ0v) is 17.1. The minimum Gasteiger partial charge on any atom is -1.00 e. The van der Waals surface area contributed by atoms with Gasteiger partial charge in [0.15, 0.2) is 0 Å². The van der Waals surface area contributed by atoms with Gasteiger partial charge in [0, 0.05) is 5.56 Å². The van der Waals surface area contributed by atoms with Gasteiger partial charge in [0.05, 0.1) is 17.9 Å². The Morgan fingerprint density at radius 1 is 0.833 bits per heavy atom. The van der Waals surface area contributed by atoms with Crippen molar-refractivity contribution >= 4 is 10.9 Å². The van der Waals surface area contributed by atoms with Gasteiger partial charge in [0.25, 0.3) is 0 Å². The van der Waals surface area contributed by atoms with Crippen molar-refractivity contribution in [3.05, 3.63) is 35.4 Å². The Hall–Kier alpha value is -0.650. The summed E-state index contributed by atoms with van der Waals surface area (Å²) >= 11 is 0. The molecule has 0 aliphatic heterocycles. The molecule has 0 aliphatic carbocycles. The summed E-state index contributed by atoms with van der Waals surface area (Å²) in [6.45, 7) is 2.28. The van der Waals surface area contributed by atoms with Crippen molar-refractivity contribution in [2.75, 3.05) is 12.0 Å². The van der Waals surface area contributed by atoms with E-state index in [1.807, 2.05) is 12.1 Å². The van der Waals surface area contributed by atoms with E-state index >= 15 is 0 Å². The SMILES string of the molecule is CCCCCCCCCCCC[S+](C)Cc1ccc(C#N)cc1.[Cl-]. The molecular weight excluding hydrogens is 334 g/mol. The highest BCUT2D eigenvalue weighted by molar-refractivity contribution is 7.95. The number of nitrogens with zero attached hydrogens (tertiary/aromatic N) is 1. The molecule has 1 nitrogen and oxygen atoms in total. The van der Waals surface area contributed by atoms with Crippen LogP contribution < -0.4 is 12.4 Å². The Balaban J connectivity index is 0.00000529. The van der Waals surface area contributed by atoms with E-state index < -0.39 is 0 Å². The van der Waals surface area contributed by atoms with Gasteiger partial charge in [0.2, 0.25) is 0 Å². The van der Waals surface area contributed by atoms with E-state index in [0.29, 0.717) is 10.9 Å². The molecule has 1 atom stereocenters. The monoisotopic (exact) mass is 367 g/mol. The van der Waals surface area contributed by atoms with Gasteiger partial charge in [-0.15, -0.1) is 0 Å². The lowest BCUT2D eigenvalue weighted by molar-refractivity contribution is -0.00000527. The second kappa shape index (κ2) is 15.9. The van der Waals surface area contributed by atoms with Crippen LogP contribution in [0.4, 0.5) is 0 Å². The van der Waals surface area contributed by atoms with Gasteiger partial charge in [-0.25, -0.2) is 0 Å². The zero-order valence-electron chi connectivity index (χ0n) is 15.5. The van der Waals surface area contributed by atoms with Crippen molar-refractivity contribution in [1.29, 1.82) is 5.26 Å². The Kier molecular flexibility index (Phi) is 15.4. The van der Waals surface area contributed by atoms with E-state index in [4.69, 9.17) is 5.26 Å². The van der Waals surface area contributed by atoms with Gasteiger partial charge < -0.3 is 12.4 Å². The number of hydrogen-bond donors (Lipinski definition) is 0. The average molecular weight is 368 g/mol. The minimum absolute atomic E-state index is 0. The quantitative estimate of drug-likeness (QED) is 0.388. The van der Waals surface area contributed by atoms with Crippen molar-refractivity contribution < 1.29 is 12.4 Å². The van der Waals surface area contributed by atoms with Gasteiger partial charge in [-0.2, -0.15) is 5.26 Å². The maximum Gasteiger partial charge on any atom is 0.132 e. The molecule has 136 valence electrons. The minimum atomic E-state index is 0. The van der Waals surface area contributed by atoms with E-state index in [9.17, 15) is 0 Å². The van der Waals surface area contributed by atoms with Gasteiger partial charge in [-0.1, -0.05) is 70.4 Å². The standard InChI is InChI=1S/C21H34NS.ClH/c1-3-4-5-6-7-8-9-10-11-12-17-23(2)19-21-15-13-20(18-22)14-16-21;/h13-16H,3-12,17,19H2,1-2H3;1H/q+1;/p-1. The van der Waals surface area contributed by atoms with Gasteiger partial charge >= 0.3 is 0 Å². The molecule has 0 heterocycles. The molecule has 3 heteroatoms. The molecule has 0 spiro atoms. The Labute approximate surface area is 159 Å². The van der Waals surface area contributed by atoms with Crippen LogP contribution in [0.5, 0.6) is 0 Å². The molecule has 0 radical (unpaired) electrons. The third-order valence-corrected chi connectivity index (χ3v) is 6.15. The van der Waals surface area contributed by atoms with E-state index in [1.165, 1.54) is 81.3 Å². The smallest absolute Gasteiger partial charge is 0.132 e. The van der Waals surface area contributed by atoms with Crippen LogP contribution in [-0.4, -0.2) is 12.0 Å². The van der Waals surface area contributed by atoms with Crippen LogP contribution in [0, 0.1) is 11.3 Å². The van der Waals surface area contributed by atoms with Crippen molar-refractivity contribution in [3.8, 4) is 6.07 Å². The fraction of sp³-hybridized carbons (Fsp3) is 0.667. The highest BCUT2D eigenvalue weighted by Crippen LogP contribution is 2.13. The summed E-state index contributed by atoms with van der Waals surface area (Å²) in [5, 5.41) is 8.82. The molecule has 0 amide bonds. The molecule has 0 aromatic heterocycles. The van der Waals surface area contributed by atoms with Crippen LogP contribution in [0.25, 0.3) is 0 Å². The first-order valence-electron chi connectivity index (χ1n) is 9.34. The second-order valence-electron chi connectivity index (χ2n) is 6.62. The lowest BCUT2D eigenvalue weighted by atomic mass is 10.1. The van der Waals surface area contributed by atoms with Crippen LogP contribution in [0.1, 0.15) is 82.3 Å². The predicted octanol–water partition coefficient (Wildman–Crippen LogP) is 3.23. The summed E-state index contributed by atoms with van der Waals surface area (Å²) in [6, 6.07) is 10.3. The average Bonchev–Trinajstić information content (AvgIpc) is 2.57. The highest BCUT2D eigenvalue weighted by Gasteiger charge is 2.11. The summed E-state index contributed by atoms with van der Waals surface area (Å²) in [6.07, 6.45) is 16.5. The third kappa shape index (κ3) is 11.8.